The van der Waals surface area contributed by atoms with E-state index < -0.39 is 82.6 Å². The maximum Gasteiger partial charge on any atom is 0.433 e. The number of aromatic nitrogens is 1. The van der Waals surface area contributed by atoms with Gasteiger partial charge in [-0.25, -0.2) is 8.78 Å². The summed E-state index contributed by atoms with van der Waals surface area (Å²) in [5.41, 5.74) is -4.12. The average Bonchev–Trinajstić information content (AvgIpc) is 3.32. The third-order valence-corrected chi connectivity index (χ3v) is 7.44. The molecule has 0 spiro atoms. The van der Waals surface area contributed by atoms with E-state index in [9.17, 15) is 49.5 Å². The molecule has 2 aromatic rings. The van der Waals surface area contributed by atoms with E-state index in [0.717, 1.165) is 17.2 Å². The number of piperidine rings is 1. The summed E-state index contributed by atoms with van der Waals surface area (Å²) in [5.74, 6) is -6.42. The van der Waals surface area contributed by atoms with Crippen LogP contribution in [0.5, 0.6) is 0 Å². The maximum absolute atomic E-state index is 14.9. The van der Waals surface area contributed by atoms with Gasteiger partial charge in [0.2, 0.25) is 11.8 Å². The van der Waals surface area contributed by atoms with Gasteiger partial charge in [-0.05, 0) is 43.0 Å². The van der Waals surface area contributed by atoms with Crippen LogP contribution in [0, 0.1) is 23.5 Å². The minimum absolute atomic E-state index is 0.0315. The molecule has 1 aromatic heterocycles. The molecule has 2 unspecified atom stereocenters. The van der Waals surface area contributed by atoms with Crippen LogP contribution in [0.2, 0.25) is 0 Å². The number of carbonyl (C=O) groups excluding carboxylic acids is 3. The zero-order valence-corrected chi connectivity index (χ0v) is 20.2. The highest BCUT2D eigenvalue weighted by Crippen LogP contribution is 2.49. The van der Waals surface area contributed by atoms with Gasteiger partial charge in [-0.2, -0.15) is 26.3 Å². The maximum atomic E-state index is 14.9. The lowest BCUT2D eigenvalue weighted by Crippen LogP contribution is -2.49. The summed E-state index contributed by atoms with van der Waals surface area (Å²) < 4.78 is 108. The van der Waals surface area contributed by atoms with Crippen molar-refractivity contribution in [2.75, 3.05) is 6.54 Å². The molecule has 7 nitrogen and oxygen atoms in total. The van der Waals surface area contributed by atoms with Crippen LogP contribution in [0.4, 0.5) is 35.1 Å². The van der Waals surface area contributed by atoms with E-state index in [0.29, 0.717) is 18.6 Å². The van der Waals surface area contributed by atoms with Gasteiger partial charge < -0.3 is 15.5 Å². The first-order valence-corrected chi connectivity index (χ1v) is 12.1. The van der Waals surface area contributed by atoms with Crippen LogP contribution in [0.15, 0.2) is 30.5 Å². The van der Waals surface area contributed by atoms with Crippen LogP contribution in [0.25, 0.3) is 0 Å². The van der Waals surface area contributed by atoms with Crippen molar-refractivity contribution in [2.45, 2.75) is 49.7 Å². The molecule has 40 heavy (non-hydrogen) atoms. The molecule has 2 aliphatic heterocycles. The number of hydrogen-bond donors (Lipinski definition) is 2. The SMILES string of the molecule is O=C1CC(C(NC(=O)[C@H]2C[C@H]3C[C@H]3N2C(=O)c2ccnc(C(F)(F)F)c2)c2cc(F)c(C(F)(F)F)cc2F)CN1. The Morgan fingerprint density at radius 3 is 2.38 bits per heavy atom. The summed E-state index contributed by atoms with van der Waals surface area (Å²) in [6.07, 6.45) is -8.79. The van der Waals surface area contributed by atoms with E-state index >= 15 is 0 Å². The van der Waals surface area contributed by atoms with Crippen LogP contribution in [-0.2, 0) is 21.9 Å². The van der Waals surface area contributed by atoms with Crippen LogP contribution in [0.3, 0.4) is 0 Å². The Labute approximate surface area is 220 Å². The number of likely N-dealkylation sites (tertiary alicyclic amines) is 1. The first kappa shape index (κ1) is 27.8. The second kappa shape index (κ2) is 9.70. The Hall–Kier alpha value is -3.78. The molecular weight excluding hydrogens is 556 g/mol. The molecule has 3 heterocycles. The van der Waals surface area contributed by atoms with Crippen molar-refractivity contribution in [1.82, 2.24) is 20.5 Å². The fraction of sp³-hybridized carbons (Fsp3) is 0.440. The van der Waals surface area contributed by atoms with Crippen molar-refractivity contribution in [2.24, 2.45) is 11.8 Å². The third kappa shape index (κ3) is 5.20. The summed E-state index contributed by atoms with van der Waals surface area (Å²) in [7, 11) is 0. The number of nitrogens with one attached hydrogen (secondary N) is 2. The summed E-state index contributed by atoms with van der Waals surface area (Å²) in [4.78, 5) is 42.9. The number of amides is 3. The second-order valence-corrected chi connectivity index (χ2v) is 10.1. The molecular formula is C25H20F8N4O3. The predicted molar refractivity (Wildman–Crippen MR) is 119 cm³/mol. The van der Waals surface area contributed by atoms with Crippen molar-refractivity contribution >= 4 is 17.7 Å². The molecule has 5 rings (SSSR count). The van der Waals surface area contributed by atoms with E-state index in [1.807, 2.05) is 0 Å². The summed E-state index contributed by atoms with van der Waals surface area (Å²) in [6, 6.07) is -1.16. The zero-order valence-electron chi connectivity index (χ0n) is 20.2. The summed E-state index contributed by atoms with van der Waals surface area (Å²) >= 11 is 0. The second-order valence-electron chi connectivity index (χ2n) is 10.1. The topological polar surface area (TPSA) is 91.4 Å². The Morgan fingerprint density at radius 1 is 1.02 bits per heavy atom. The van der Waals surface area contributed by atoms with Crippen LogP contribution in [0.1, 0.15) is 52.5 Å². The van der Waals surface area contributed by atoms with Crippen molar-refractivity contribution in [3.63, 3.8) is 0 Å². The van der Waals surface area contributed by atoms with Crippen LogP contribution >= 0.6 is 0 Å². The molecule has 1 aliphatic carbocycles. The van der Waals surface area contributed by atoms with Gasteiger partial charge in [-0.3, -0.25) is 19.4 Å². The van der Waals surface area contributed by atoms with Gasteiger partial charge >= 0.3 is 12.4 Å². The molecule has 15 heteroatoms. The van der Waals surface area contributed by atoms with Crippen molar-refractivity contribution < 1.29 is 49.5 Å². The molecule has 2 N–H and O–H groups in total. The van der Waals surface area contributed by atoms with Gasteiger partial charge in [0, 0.05) is 42.2 Å². The third-order valence-electron chi connectivity index (χ3n) is 7.44. The minimum Gasteiger partial charge on any atom is -0.356 e. The normalized spacial score (nSPS) is 24.9. The smallest absolute Gasteiger partial charge is 0.356 e. The monoisotopic (exact) mass is 576 g/mol. The number of carbonyl (C=O) groups is 3. The molecule has 3 fully saturated rings. The zero-order chi connectivity index (χ0) is 29.1. The van der Waals surface area contributed by atoms with Crippen LogP contribution in [-0.4, -0.2) is 46.2 Å². The number of alkyl halides is 6. The lowest BCUT2D eigenvalue weighted by atomic mass is 9.90. The number of fused-ring (bicyclic) bond motifs is 1. The van der Waals surface area contributed by atoms with Crippen molar-refractivity contribution in [3.05, 3.63) is 64.5 Å². The number of rotatable bonds is 5. The standard InChI is InChI=1S/C25H20F8N4O3/c26-15-8-14(24(28,29)30)16(27)7-13(15)21(12-6-20(38)35-9-12)36-22(39)18-4-11-3-17(11)37(18)23(40)10-1-2-34-19(5-10)25(31,32)33/h1-2,5,7-8,11-12,17-18,21H,3-4,6,9H2,(H,35,38)(H,36,39)/t11-,12?,17-,18-,21?/m1/s1. The molecule has 3 aliphatic rings. The van der Waals surface area contributed by atoms with Gasteiger partial charge in [0.25, 0.3) is 5.91 Å². The highest BCUT2D eigenvalue weighted by atomic mass is 19.4. The molecule has 0 bridgehead atoms. The van der Waals surface area contributed by atoms with E-state index in [1.54, 1.807) is 0 Å². The van der Waals surface area contributed by atoms with Crippen LogP contribution < -0.4 is 10.6 Å². The molecule has 3 amide bonds. The number of benzene rings is 1. The number of hydrogen-bond acceptors (Lipinski definition) is 4. The lowest BCUT2D eigenvalue weighted by Gasteiger charge is -2.31. The highest BCUT2D eigenvalue weighted by molar-refractivity contribution is 5.98. The van der Waals surface area contributed by atoms with Crippen molar-refractivity contribution in [3.8, 4) is 0 Å². The largest absolute Gasteiger partial charge is 0.433 e. The van der Waals surface area contributed by atoms with Crippen molar-refractivity contribution in [1.29, 1.82) is 0 Å². The quantitative estimate of drug-likeness (QED) is 0.527. The van der Waals surface area contributed by atoms with Gasteiger partial charge in [0.05, 0.1) is 11.6 Å². The first-order valence-electron chi connectivity index (χ1n) is 12.1. The fourth-order valence-electron chi connectivity index (χ4n) is 5.43. The number of halogens is 8. The highest BCUT2D eigenvalue weighted by Gasteiger charge is 2.56. The van der Waals surface area contributed by atoms with Gasteiger partial charge in [-0.1, -0.05) is 0 Å². The Balaban J connectivity index is 1.44. The molecule has 2 saturated heterocycles. The fourth-order valence-corrected chi connectivity index (χ4v) is 5.43. The van der Waals surface area contributed by atoms with Gasteiger partial charge in [0.15, 0.2) is 0 Å². The molecule has 1 aromatic carbocycles. The Kier molecular flexibility index (Phi) is 6.73. The molecule has 0 radical (unpaired) electrons. The average molecular weight is 576 g/mol. The Morgan fingerprint density at radius 2 is 1.75 bits per heavy atom. The lowest BCUT2D eigenvalue weighted by molar-refractivity contribution is -0.141. The first-order chi connectivity index (χ1) is 18.6. The minimum atomic E-state index is -5.18. The van der Waals surface area contributed by atoms with E-state index in [-0.39, 0.29) is 36.9 Å². The van der Waals surface area contributed by atoms with E-state index in [2.05, 4.69) is 15.6 Å². The summed E-state index contributed by atoms with van der Waals surface area (Å²) in [6.45, 7) is -0.0956. The Bertz CT molecular complexity index is 1380. The van der Waals surface area contributed by atoms with Gasteiger partial charge in [-0.15, -0.1) is 0 Å². The van der Waals surface area contributed by atoms with E-state index in [1.165, 1.54) is 0 Å². The molecule has 5 atom stereocenters. The molecule has 214 valence electrons. The van der Waals surface area contributed by atoms with E-state index in [4.69, 9.17) is 0 Å². The number of nitrogens with zero attached hydrogens (tertiary/aromatic N) is 2. The number of pyridine rings is 1. The van der Waals surface area contributed by atoms with Gasteiger partial charge in [0.1, 0.15) is 23.4 Å². The summed E-state index contributed by atoms with van der Waals surface area (Å²) in [5, 5.41) is 4.94. The predicted octanol–water partition coefficient (Wildman–Crippen LogP) is 3.99. The molecule has 1 saturated carbocycles.